The van der Waals surface area contributed by atoms with Gasteiger partial charge in [-0.2, -0.15) is 4.99 Å². The van der Waals surface area contributed by atoms with Gasteiger partial charge in [0.1, 0.15) is 11.9 Å². The third-order valence-corrected chi connectivity index (χ3v) is 2.94. The predicted octanol–water partition coefficient (Wildman–Crippen LogP) is 1.08. The Morgan fingerprint density at radius 3 is 2.88 bits per heavy atom. The molecule has 82 valence electrons. The molecule has 16 heavy (non-hydrogen) atoms. The quantitative estimate of drug-likeness (QED) is 0.804. The molecule has 0 spiro atoms. The Hall–Kier alpha value is -1.91. The molecule has 2 heterocycles. The lowest BCUT2D eigenvalue weighted by molar-refractivity contribution is 0.203. The summed E-state index contributed by atoms with van der Waals surface area (Å²) < 4.78 is 0. The number of nitrogens with zero attached hydrogens (tertiary/aromatic N) is 3. The molecule has 1 aliphatic heterocycles. The highest BCUT2D eigenvalue weighted by molar-refractivity contribution is 6.03. The van der Waals surface area contributed by atoms with Gasteiger partial charge in [0.05, 0.1) is 0 Å². The van der Waals surface area contributed by atoms with Gasteiger partial charge in [-0.25, -0.2) is 4.79 Å². The fourth-order valence-corrected chi connectivity index (χ4v) is 2.07. The van der Waals surface area contributed by atoms with Gasteiger partial charge in [0.2, 0.25) is 0 Å². The number of amides is 2. The predicted molar refractivity (Wildman–Crippen MR) is 58.9 cm³/mol. The summed E-state index contributed by atoms with van der Waals surface area (Å²) >= 11 is 0. The van der Waals surface area contributed by atoms with Gasteiger partial charge in [-0.05, 0) is 18.9 Å². The summed E-state index contributed by atoms with van der Waals surface area (Å²) in [5, 5.41) is 0. The zero-order valence-corrected chi connectivity index (χ0v) is 8.71. The van der Waals surface area contributed by atoms with Gasteiger partial charge < -0.3 is 10.6 Å². The van der Waals surface area contributed by atoms with Gasteiger partial charge in [-0.15, -0.1) is 0 Å². The SMILES string of the molecule is NC1=NC(=O)N(C2CC2)C1c1cccnc1. The van der Waals surface area contributed by atoms with E-state index in [0.717, 1.165) is 18.4 Å². The summed E-state index contributed by atoms with van der Waals surface area (Å²) in [5.74, 6) is 0.380. The van der Waals surface area contributed by atoms with Crippen molar-refractivity contribution in [3.05, 3.63) is 30.1 Å². The van der Waals surface area contributed by atoms with E-state index in [0.29, 0.717) is 11.9 Å². The molecule has 5 nitrogen and oxygen atoms in total. The first-order valence-corrected chi connectivity index (χ1v) is 5.33. The fourth-order valence-electron chi connectivity index (χ4n) is 2.07. The van der Waals surface area contributed by atoms with Crippen LogP contribution in [0.3, 0.4) is 0 Å². The number of aromatic nitrogens is 1. The van der Waals surface area contributed by atoms with Crippen LogP contribution < -0.4 is 5.73 Å². The first-order valence-electron chi connectivity index (χ1n) is 5.33. The van der Waals surface area contributed by atoms with Gasteiger partial charge in [0, 0.05) is 24.0 Å². The minimum absolute atomic E-state index is 0.214. The van der Waals surface area contributed by atoms with Crippen molar-refractivity contribution >= 4 is 11.9 Å². The van der Waals surface area contributed by atoms with Gasteiger partial charge >= 0.3 is 6.03 Å². The second kappa shape index (κ2) is 3.30. The number of hydrogen-bond acceptors (Lipinski definition) is 3. The molecular formula is C11H12N4O. The van der Waals surface area contributed by atoms with E-state index in [1.54, 1.807) is 17.3 Å². The van der Waals surface area contributed by atoms with Crippen LogP contribution in [0.1, 0.15) is 24.4 Å². The number of aliphatic imine (C=N–C) groups is 1. The van der Waals surface area contributed by atoms with Crippen LogP contribution in [-0.2, 0) is 0 Å². The lowest BCUT2D eigenvalue weighted by Gasteiger charge is -2.23. The third kappa shape index (κ3) is 1.36. The van der Waals surface area contributed by atoms with Crippen molar-refractivity contribution in [3.8, 4) is 0 Å². The Labute approximate surface area is 93.0 Å². The smallest absolute Gasteiger partial charge is 0.346 e. The van der Waals surface area contributed by atoms with Crippen molar-refractivity contribution in [3.63, 3.8) is 0 Å². The molecule has 0 saturated heterocycles. The van der Waals surface area contributed by atoms with Crippen LogP contribution >= 0.6 is 0 Å². The van der Waals surface area contributed by atoms with Crippen molar-refractivity contribution in [1.82, 2.24) is 9.88 Å². The molecule has 1 atom stereocenters. The van der Waals surface area contributed by atoms with E-state index < -0.39 is 0 Å². The molecule has 1 saturated carbocycles. The Bertz CT molecular complexity index is 452. The van der Waals surface area contributed by atoms with Crippen LogP contribution in [0.4, 0.5) is 4.79 Å². The highest BCUT2D eigenvalue weighted by Gasteiger charge is 2.43. The van der Waals surface area contributed by atoms with Crippen molar-refractivity contribution in [1.29, 1.82) is 0 Å². The van der Waals surface area contributed by atoms with Crippen LogP contribution in [0.25, 0.3) is 0 Å². The Morgan fingerprint density at radius 2 is 2.25 bits per heavy atom. The van der Waals surface area contributed by atoms with Crippen LogP contribution in [0.15, 0.2) is 29.5 Å². The number of carbonyl (C=O) groups excluding carboxylic acids is 1. The standard InChI is InChI=1S/C11H12N4O/c12-10-9(7-2-1-5-13-6-7)15(8-3-4-8)11(16)14-10/h1-2,5-6,8-9H,3-4H2,(H2,12,14,16). The number of urea groups is 1. The molecule has 2 amide bonds. The minimum atomic E-state index is -0.214. The second-order valence-corrected chi connectivity index (χ2v) is 4.15. The molecular weight excluding hydrogens is 204 g/mol. The lowest BCUT2D eigenvalue weighted by atomic mass is 10.1. The maximum absolute atomic E-state index is 11.7. The molecule has 1 aromatic rings. The summed E-state index contributed by atoms with van der Waals surface area (Å²) in [6, 6.07) is 3.65. The Balaban J connectivity index is 1.98. The number of amidine groups is 1. The maximum atomic E-state index is 11.7. The minimum Gasteiger partial charge on any atom is -0.385 e. The second-order valence-electron chi connectivity index (χ2n) is 4.15. The van der Waals surface area contributed by atoms with Crippen LogP contribution in [0.5, 0.6) is 0 Å². The average Bonchev–Trinajstić information content (AvgIpc) is 3.06. The monoisotopic (exact) mass is 216 g/mol. The first-order chi connectivity index (χ1) is 7.77. The molecule has 0 radical (unpaired) electrons. The normalized spacial score (nSPS) is 24.8. The van der Waals surface area contributed by atoms with Gasteiger partial charge in [0.15, 0.2) is 0 Å². The third-order valence-electron chi connectivity index (χ3n) is 2.94. The zero-order chi connectivity index (χ0) is 11.1. The summed E-state index contributed by atoms with van der Waals surface area (Å²) in [4.78, 5) is 21.4. The van der Waals surface area contributed by atoms with E-state index in [4.69, 9.17) is 5.73 Å². The molecule has 0 aromatic carbocycles. The molecule has 5 heteroatoms. The highest BCUT2D eigenvalue weighted by Crippen LogP contribution is 2.37. The number of nitrogens with two attached hydrogens (primary N) is 1. The molecule has 2 N–H and O–H groups in total. The Kier molecular flexibility index (Phi) is 1.92. The van der Waals surface area contributed by atoms with Crippen LogP contribution in [0, 0.1) is 0 Å². The number of rotatable bonds is 2. The molecule has 3 rings (SSSR count). The summed E-state index contributed by atoms with van der Waals surface area (Å²) in [6.45, 7) is 0. The first kappa shape index (κ1) is 9.33. The largest absolute Gasteiger partial charge is 0.385 e. The van der Waals surface area contributed by atoms with Crippen LogP contribution in [-0.4, -0.2) is 27.8 Å². The van der Waals surface area contributed by atoms with E-state index >= 15 is 0 Å². The van der Waals surface area contributed by atoms with Crippen molar-refractivity contribution in [2.45, 2.75) is 24.9 Å². The molecule has 1 aliphatic carbocycles. The van der Waals surface area contributed by atoms with Gasteiger partial charge in [0.25, 0.3) is 0 Å². The van der Waals surface area contributed by atoms with Crippen LogP contribution in [0.2, 0.25) is 0 Å². The lowest BCUT2D eigenvalue weighted by Crippen LogP contribution is -2.35. The zero-order valence-electron chi connectivity index (χ0n) is 8.71. The Morgan fingerprint density at radius 1 is 1.44 bits per heavy atom. The molecule has 2 aliphatic rings. The molecule has 1 fully saturated rings. The van der Waals surface area contributed by atoms with E-state index in [9.17, 15) is 4.79 Å². The van der Waals surface area contributed by atoms with E-state index in [1.165, 1.54) is 0 Å². The van der Waals surface area contributed by atoms with Crippen molar-refractivity contribution in [2.75, 3.05) is 0 Å². The van der Waals surface area contributed by atoms with E-state index in [1.807, 2.05) is 12.1 Å². The van der Waals surface area contributed by atoms with E-state index in [2.05, 4.69) is 9.98 Å². The number of carbonyl (C=O) groups is 1. The summed E-state index contributed by atoms with van der Waals surface area (Å²) in [6.07, 6.45) is 5.53. The number of pyridine rings is 1. The van der Waals surface area contributed by atoms with Gasteiger partial charge in [-0.1, -0.05) is 6.07 Å². The maximum Gasteiger partial charge on any atom is 0.346 e. The average molecular weight is 216 g/mol. The fraction of sp³-hybridized carbons (Fsp3) is 0.364. The van der Waals surface area contributed by atoms with Gasteiger partial charge in [-0.3, -0.25) is 4.98 Å². The van der Waals surface area contributed by atoms with Crippen molar-refractivity contribution in [2.24, 2.45) is 10.7 Å². The number of hydrogen-bond donors (Lipinski definition) is 1. The molecule has 1 aromatic heterocycles. The van der Waals surface area contributed by atoms with E-state index in [-0.39, 0.29) is 12.1 Å². The van der Waals surface area contributed by atoms with Crippen molar-refractivity contribution < 1.29 is 4.79 Å². The summed E-state index contributed by atoms with van der Waals surface area (Å²) in [5.41, 5.74) is 6.75. The summed E-state index contributed by atoms with van der Waals surface area (Å²) in [7, 11) is 0. The topological polar surface area (TPSA) is 71.6 Å². The molecule has 0 bridgehead atoms. The molecule has 1 unspecified atom stereocenters. The highest BCUT2D eigenvalue weighted by atomic mass is 16.2.